The number of piperazine rings is 1. The molecule has 1 N–H and O–H groups in total. The largest absolute Gasteiger partial charge is 0.357 e. The van der Waals surface area contributed by atoms with Gasteiger partial charge in [0.1, 0.15) is 0 Å². The number of likely N-dealkylation sites (N-methyl/N-ethyl adjacent to an activating group) is 2. The van der Waals surface area contributed by atoms with Crippen molar-refractivity contribution in [2.75, 3.05) is 53.9 Å². The van der Waals surface area contributed by atoms with Gasteiger partial charge in [0, 0.05) is 45.8 Å². The zero-order valence-electron chi connectivity index (χ0n) is 15.6. The Morgan fingerprint density at radius 1 is 1.28 bits per heavy atom. The molecule has 1 unspecified atom stereocenters. The van der Waals surface area contributed by atoms with Crippen LogP contribution in [-0.4, -0.2) is 80.6 Å². The van der Waals surface area contributed by atoms with E-state index in [0.29, 0.717) is 16.1 Å². The maximum atomic E-state index is 6.12. The Morgan fingerprint density at radius 3 is 2.72 bits per heavy atom. The molecule has 140 valence electrons. The minimum Gasteiger partial charge on any atom is -0.357 e. The van der Waals surface area contributed by atoms with E-state index in [1.54, 1.807) is 0 Å². The minimum atomic E-state index is 0.450. The molecule has 1 aromatic rings. The Labute approximate surface area is 161 Å². The molecule has 0 amide bonds. The van der Waals surface area contributed by atoms with Crippen molar-refractivity contribution in [2.45, 2.75) is 19.5 Å². The molecule has 25 heavy (non-hydrogen) atoms. The van der Waals surface area contributed by atoms with E-state index < -0.39 is 0 Å². The van der Waals surface area contributed by atoms with Crippen LogP contribution in [0.5, 0.6) is 0 Å². The number of hydrogen-bond donors (Lipinski definition) is 1. The molecule has 1 atom stereocenters. The van der Waals surface area contributed by atoms with Crippen molar-refractivity contribution in [3.8, 4) is 0 Å². The Hall–Kier alpha value is -1.01. The summed E-state index contributed by atoms with van der Waals surface area (Å²) in [6, 6.07) is 6.20. The topological polar surface area (TPSA) is 34.1 Å². The van der Waals surface area contributed by atoms with Crippen molar-refractivity contribution in [1.82, 2.24) is 20.0 Å². The van der Waals surface area contributed by atoms with Crippen LogP contribution in [0.2, 0.25) is 10.0 Å². The SMILES string of the molecule is CCNC(=NCC1CN(C)CCN1C)N(C)Cc1ccc(Cl)c(Cl)c1. The van der Waals surface area contributed by atoms with Crippen molar-refractivity contribution in [2.24, 2.45) is 4.99 Å². The van der Waals surface area contributed by atoms with Gasteiger partial charge < -0.3 is 15.1 Å². The molecular weight excluding hydrogens is 357 g/mol. The average molecular weight is 386 g/mol. The Kier molecular flexibility index (Phi) is 7.81. The molecule has 1 saturated heterocycles. The van der Waals surface area contributed by atoms with Gasteiger partial charge in [0.15, 0.2) is 5.96 Å². The second-order valence-electron chi connectivity index (χ2n) is 6.70. The second kappa shape index (κ2) is 9.62. The van der Waals surface area contributed by atoms with Crippen LogP contribution in [0.4, 0.5) is 0 Å². The molecule has 1 heterocycles. The van der Waals surface area contributed by atoms with E-state index in [1.165, 1.54) is 0 Å². The number of nitrogens with one attached hydrogen (secondary N) is 1. The van der Waals surface area contributed by atoms with Crippen LogP contribution in [0.25, 0.3) is 0 Å². The zero-order chi connectivity index (χ0) is 18.4. The quantitative estimate of drug-likeness (QED) is 0.623. The summed E-state index contributed by atoms with van der Waals surface area (Å²) in [5.74, 6) is 0.912. The molecule has 7 heteroatoms. The highest BCUT2D eigenvalue weighted by Crippen LogP contribution is 2.23. The fourth-order valence-corrected chi connectivity index (χ4v) is 3.27. The lowest BCUT2D eigenvalue weighted by Crippen LogP contribution is -2.51. The van der Waals surface area contributed by atoms with Gasteiger partial charge in [-0.2, -0.15) is 0 Å². The van der Waals surface area contributed by atoms with E-state index in [2.05, 4.69) is 41.0 Å². The molecule has 1 fully saturated rings. The molecule has 0 aliphatic carbocycles. The monoisotopic (exact) mass is 385 g/mol. The lowest BCUT2D eigenvalue weighted by molar-refractivity contribution is 0.119. The van der Waals surface area contributed by atoms with E-state index in [4.69, 9.17) is 28.2 Å². The van der Waals surface area contributed by atoms with Gasteiger partial charge in [-0.15, -0.1) is 0 Å². The van der Waals surface area contributed by atoms with Gasteiger partial charge in [-0.3, -0.25) is 9.89 Å². The number of guanidine groups is 1. The third-order valence-electron chi connectivity index (χ3n) is 4.53. The second-order valence-corrected chi connectivity index (χ2v) is 7.51. The lowest BCUT2D eigenvalue weighted by atomic mass is 10.2. The molecule has 1 aromatic carbocycles. The van der Waals surface area contributed by atoms with Crippen LogP contribution in [0.15, 0.2) is 23.2 Å². The van der Waals surface area contributed by atoms with Gasteiger partial charge >= 0.3 is 0 Å². The summed E-state index contributed by atoms with van der Waals surface area (Å²) >= 11 is 12.1. The fraction of sp³-hybridized carbons (Fsp3) is 0.611. The van der Waals surface area contributed by atoms with Crippen molar-refractivity contribution < 1.29 is 0 Å². The lowest BCUT2D eigenvalue weighted by Gasteiger charge is -2.37. The molecule has 0 spiro atoms. The molecule has 0 radical (unpaired) electrons. The van der Waals surface area contributed by atoms with E-state index >= 15 is 0 Å². The van der Waals surface area contributed by atoms with Gasteiger partial charge in [0.25, 0.3) is 0 Å². The highest BCUT2D eigenvalue weighted by Gasteiger charge is 2.22. The maximum absolute atomic E-state index is 6.12. The molecule has 2 rings (SSSR count). The number of benzene rings is 1. The first kappa shape index (κ1) is 20.3. The van der Waals surface area contributed by atoms with E-state index in [0.717, 1.165) is 50.8 Å². The number of nitrogens with zero attached hydrogens (tertiary/aromatic N) is 4. The molecular formula is C18H29Cl2N5. The number of hydrogen-bond acceptors (Lipinski definition) is 3. The van der Waals surface area contributed by atoms with Crippen molar-refractivity contribution >= 4 is 29.2 Å². The molecule has 1 aliphatic rings. The fourth-order valence-electron chi connectivity index (χ4n) is 2.95. The van der Waals surface area contributed by atoms with Gasteiger partial charge in [0.2, 0.25) is 0 Å². The van der Waals surface area contributed by atoms with Crippen LogP contribution < -0.4 is 5.32 Å². The first-order valence-electron chi connectivity index (χ1n) is 8.72. The van der Waals surface area contributed by atoms with Gasteiger partial charge in [-0.25, -0.2) is 0 Å². The predicted octanol–water partition coefficient (Wildman–Crippen LogP) is 2.64. The predicted molar refractivity (Wildman–Crippen MR) is 108 cm³/mol. The minimum absolute atomic E-state index is 0.450. The van der Waals surface area contributed by atoms with Gasteiger partial charge in [0.05, 0.1) is 16.6 Å². The summed E-state index contributed by atoms with van der Waals surface area (Å²) in [5.41, 5.74) is 1.11. The van der Waals surface area contributed by atoms with Crippen molar-refractivity contribution in [3.63, 3.8) is 0 Å². The summed E-state index contributed by atoms with van der Waals surface area (Å²) in [5, 5.41) is 4.55. The van der Waals surface area contributed by atoms with Crippen molar-refractivity contribution in [3.05, 3.63) is 33.8 Å². The molecule has 1 aliphatic heterocycles. The summed E-state index contributed by atoms with van der Waals surface area (Å²) < 4.78 is 0. The molecule has 0 aromatic heterocycles. The number of rotatable bonds is 5. The summed E-state index contributed by atoms with van der Waals surface area (Å²) in [6.45, 7) is 7.70. The number of halogens is 2. The van der Waals surface area contributed by atoms with Crippen LogP contribution in [0.1, 0.15) is 12.5 Å². The Balaban J connectivity index is 2.03. The van der Waals surface area contributed by atoms with Crippen LogP contribution in [0, 0.1) is 0 Å². The molecule has 0 bridgehead atoms. The third-order valence-corrected chi connectivity index (χ3v) is 5.27. The molecule has 5 nitrogen and oxygen atoms in total. The van der Waals surface area contributed by atoms with Crippen LogP contribution in [-0.2, 0) is 6.54 Å². The third kappa shape index (κ3) is 6.03. The average Bonchev–Trinajstić information content (AvgIpc) is 2.57. The first-order valence-corrected chi connectivity index (χ1v) is 9.48. The summed E-state index contributed by atoms with van der Waals surface area (Å²) in [4.78, 5) is 11.7. The zero-order valence-corrected chi connectivity index (χ0v) is 17.1. The van der Waals surface area contributed by atoms with Crippen molar-refractivity contribution in [1.29, 1.82) is 0 Å². The van der Waals surface area contributed by atoms with E-state index in [1.807, 2.05) is 25.2 Å². The van der Waals surface area contributed by atoms with Crippen LogP contribution in [0.3, 0.4) is 0 Å². The Bertz CT molecular complexity index is 593. The van der Waals surface area contributed by atoms with Gasteiger partial charge in [-0.1, -0.05) is 29.3 Å². The summed E-state index contributed by atoms with van der Waals surface area (Å²) in [7, 11) is 6.39. The van der Waals surface area contributed by atoms with E-state index in [-0.39, 0.29) is 0 Å². The maximum Gasteiger partial charge on any atom is 0.194 e. The Morgan fingerprint density at radius 2 is 2.04 bits per heavy atom. The highest BCUT2D eigenvalue weighted by molar-refractivity contribution is 6.42. The number of aliphatic imine (C=N–C) groups is 1. The smallest absolute Gasteiger partial charge is 0.194 e. The first-order chi connectivity index (χ1) is 11.9. The normalized spacial score (nSPS) is 19.9. The van der Waals surface area contributed by atoms with Gasteiger partial charge in [-0.05, 0) is 38.7 Å². The van der Waals surface area contributed by atoms with Crippen LogP contribution >= 0.6 is 23.2 Å². The standard InChI is InChI=1S/C18H29Cl2N5/c1-5-21-18(22-11-15-13-23(2)8-9-24(15)3)25(4)12-14-6-7-16(19)17(20)10-14/h6-7,10,15H,5,8-9,11-13H2,1-4H3,(H,21,22). The van der Waals surface area contributed by atoms with E-state index in [9.17, 15) is 0 Å². The summed E-state index contributed by atoms with van der Waals surface area (Å²) in [6.07, 6.45) is 0. The molecule has 0 saturated carbocycles. The highest BCUT2D eigenvalue weighted by atomic mass is 35.5.